The van der Waals surface area contributed by atoms with Crippen molar-refractivity contribution in [2.45, 2.75) is 13.5 Å². The number of nitrogens with two attached hydrogens (primary N) is 1. The normalized spacial score (nSPS) is 12.5. The minimum Gasteiger partial charge on any atom is -0.384 e. The summed E-state index contributed by atoms with van der Waals surface area (Å²) in [6.07, 6.45) is 1.82. The summed E-state index contributed by atoms with van der Waals surface area (Å²) in [6, 6.07) is 22.9. The molecule has 0 bridgehead atoms. The maximum atomic E-state index is 5.74. The molecule has 0 aliphatic carbocycles. The van der Waals surface area contributed by atoms with Crippen molar-refractivity contribution < 1.29 is 0 Å². The summed E-state index contributed by atoms with van der Waals surface area (Å²) < 4.78 is 2.07. The van der Waals surface area contributed by atoms with Crippen molar-refractivity contribution in [3.63, 3.8) is 0 Å². The number of nitrogen functional groups attached to an aromatic ring is 1. The summed E-state index contributed by atoms with van der Waals surface area (Å²) in [6.45, 7) is 3.99. The minimum absolute atomic E-state index is 0.530. The number of hydrogen-bond acceptors (Lipinski definition) is 4. The Balaban J connectivity index is 1.65. The van der Waals surface area contributed by atoms with Crippen molar-refractivity contribution >= 4 is 11.6 Å². The number of anilines is 2. The van der Waals surface area contributed by atoms with Crippen LogP contribution in [0.1, 0.15) is 12.5 Å². The van der Waals surface area contributed by atoms with Gasteiger partial charge in [-0.3, -0.25) is 0 Å². The third-order valence-corrected chi connectivity index (χ3v) is 5.26. The van der Waals surface area contributed by atoms with Crippen LogP contribution in [0.3, 0.4) is 0 Å². The highest BCUT2D eigenvalue weighted by Crippen LogP contribution is 2.35. The van der Waals surface area contributed by atoms with Crippen LogP contribution in [0.4, 0.5) is 11.6 Å². The lowest BCUT2D eigenvalue weighted by Gasteiger charge is -2.30. The molecule has 138 valence electrons. The highest BCUT2D eigenvalue weighted by Gasteiger charge is 2.24. The zero-order valence-corrected chi connectivity index (χ0v) is 15.7. The first-order valence-electron chi connectivity index (χ1n) is 9.48. The van der Waals surface area contributed by atoms with E-state index in [-0.39, 0.29) is 0 Å². The van der Waals surface area contributed by atoms with Crippen molar-refractivity contribution in [2.75, 3.05) is 17.2 Å². The molecule has 28 heavy (non-hydrogen) atoms. The van der Waals surface area contributed by atoms with Gasteiger partial charge in [0.1, 0.15) is 11.6 Å². The average molecular weight is 367 g/mol. The maximum absolute atomic E-state index is 5.74. The van der Waals surface area contributed by atoms with E-state index >= 15 is 0 Å². The van der Waals surface area contributed by atoms with E-state index in [1.54, 1.807) is 0 Å². The van der Waals surface area contributed by atoms with Crippen LogP contribution in [0.2, 0.25) is 0 Å². The molecule has 2 N–H and O–H groups in total. The average Bonchev–Trinajstić information content (AvgIpc) is 3.20. The molecule has 2 aromatic carbocycles. The number of rotatable bonds is 3. The lowest BCUT2D eigenvalue weighted by atomic mass is 10.0. The fourth-order valence-electron chi connectivity index (χ4n) is 3.73. The molecule has 5 rings (SSSR count). The molecule has 0 atom stereocenters. The number of aromatic nitrogens is 3. The van der Waals surface area contributed by atoms with Crippen LogP contribution >= 0.6 is 0 Å². The van der Waals surface area contributed by atoms with Gasteiger partial charge < -0.3 is 10.6 Å². The van der Waals surface area contributed by atoms with Crippen molar-refractivity contribution in [1.82, 2.24) is 14.8 Å². The second kappa shape index (κ2) is 6.53. The standard InChI is InChI=1S/C23H21N5/c1-2-27-15-19-9-8-17(18-10-11-22(24)25-14-18)12-21(19)28-23(27)13-20(26-28)16-6-4-3-5-7-16/h3-14H,2,15H2,1H3,(H2,24,25). The predicted octanol–water partition coefficient (Wildman–Crippen LogP) is 4.52. The van der Waals surface area contributed by atoms with E-state index in [0.717, 1.165) is 47.0 Å². The fourth-order valence-corrected chi connectivity index (χ4v) is 3.73. The lowest BCUT2D eigenvalue weighted by Crippen LogP contribution is -2.29. The van der Waals surface area contributed by atoms with E-state index in [2.05, 4.69) is 57.9 Å². The van der Waals surface area contributed by atoms with Gasteiger partial charge in [0.15, 0.2) is 0 Å². The van der Waals surface area contributed by atoms with Crippen LogP contribution < -0.4 is 10.6 Å². The predicted molar refractivity (Wildman–Crippen MR) is 113 cm³/mol. The van der Waals surface area contributed by atoms with Crippen LogP contribution in [0.5, 0.6) is 0 Å². The number of benzene rings is 2. The molecule has 0 radical (unpaired) electrons. The van der Waals surface area contributed by atoms with Gasteiger partial charge in [0.2, 0.25) is 0 Å². The molecule has 0 amide bonds. The lowest BCUT2D eigenvalue weighted by molar-refractivity contribution is 0.723. The van der Waals surface area contributed by atoms with Gasteiger partial charge in [0.25, 0.3) is 0 Å². The quantitative estimate of drug-likeness (QED) is 0.578. The first-order valence-corrected chi connectivity index (χ1v) is 9.48. The zero-order chi connectivity index (χ0) is 19.1. The molecule has 0 saturated carbocycles. The highest BCUT2D eigenvalue weighted by molar-refractivity contribution is 5.72. The third-order valence-electron chi connectivity index (χ3n) is 5.26. The summed E-state index contributed by atoms with van der Waals surface area (Å²) >= 11 is 0. The smallest absolute Gasteiger partial charge is 0.133 e. The van der Waals surface area contributed by atoms with Gasteiger partial charge in [-0.15, -0.1) is 0 Å². The Morgan fingerprint density at radius 3 is 2.50 bits per heavy atom. The Hall–Kier alpha value is -3.60. The SMILES string of the molecule is CCN1Cc2ccc(-c3ccc(N)nc3)cc2-n2nc(-c3ccccc3)cc21. The topological polar surface area (TPSA) is 60.0 Å². The summed E-state index contributed by atoms with van der Waals surface area (Å²) in [7, 11) is 0. The van der Waals surface area contributed by atoms with Crippen molar-refractivity contribution in [3.05, 3.63) is 78.5 Å². The van der Waals surface area contributed by atoms with E-state index in [1.165, 1.54) is 5.56 Å². The van der Waals surface area contributed by atoms with Crippen LogP contribution in [0.25, 0.3) is 28.1 Å². The Bertz CT molecular complexity index is 1130. The molecule has 3 heterocycles. The molecule has 0 unspecified atom stereocenters. The number of nitrogens with zero attached hydrogens (tertiary/aromatic N) is 4. The van der Waals surface area contributed by atoms with Crippen LogP contribution in [-0.2, 0) is 6.54 Å². The van der Waals surface area contributed by atoms with Gasteiger partial charge in [-0.2, -0.15) is 5.10 Å². The Morgan fingerprint density at radius 2 is 1.75 bits per heavy atom. The third kappa shape index (κ3) is 2.72. The minimum atomic E-state index is 0.530. The van der Waals surface area contributed by atoms with Crippen LogP contribution in [-0.4, -0.2) is 21.3 Å². The van der Waals surface area contributed by atoms with Crippen molar-refractivity contribution in [1.29, 1.82) is 0 Å². The van der Waals surface area contributed by atoms with Gasteiger partial charge >= 0.3 is 0 Å². The van der Waals surface area contributed by atoms with Crippen molar-refractivity contribution in [2.24, 2.45) is 0 Å². The zero-order valence-electron chi connectivity index (χ0n) is 15.7. The van der Waals surface area contributed by atoms with Gasteiger partial charge in [-0.25, -0.2) is 9.67 Å². The molecule has 1 aliphatic rings. The van der Waals surface area contributed by atoms with E-state index in [4.69, 9.17) is 10.8 Å². The number of pyridine rings is 1. The second-order valence-corrected chi connectivity index (χ2v) is 7.00. The molecule has 5 heteroatoms. The van der Waals surface area contributed by atoms with Crippen LogP contribution in [0, 0.1) is 0 Å². The first-order chi connectivity index (χ1) is 13.7. The van der Waals surface area contributed by atoms with E-state index in [9.17, 15) is 0 Å². The number of hydrogen-bond donors (Lipinski definition) is 1. The van der Waals surface area contributed by atoms with Gasteiger partial charge in [-0.1, -0.05) is 42.5 Å². The largest absolute Gasteiger partial charge is 0.384 e. The second-order valence-electron chi connectivity index (χ2n) is 7.00. The molecule has 0 saturated heterocycles. The molecule has 1 aliphatic heterocycles. The molecule has 2 aromatic heterocycles. The molecule has 5 nitrogen and oxygen atoms in total. The van der Waals surface area contributed by atoms with Gasteiger partial charge in [0, 0.05) is 36.5 Å². The van der Waals surface area contributed by atoms with E-state index in [0.29, 0.717) is 5.82 Å². The fraction of sp³-hybridized carbons (Fsp3) is 0.130. The Kier molecular flexibility index (Phi) is 3.86. The summed E-state index contributed by atoms with van der Waals surface area (Å²) in [5.41, 5.74) is 12.4. The molecular formula is C23H21N5. The van der Waals surface area contributed by atoms with Gasteiger partial charge in [0.05, 0.1) is 11.4 Å². The van der Waals surface area contributed by atoms with E-state index < -0.39 is 0 Å². The maximum Gasteiger partial charge on any atom is 0.133 e. The Morgan fingerprint density at radius 1 is 0.929 bits per heavy atom. The number of fused-ring (bicyclic) bond motifs is 3. The summed E-state index contributed by atoms with van der Waals surface area (Å²) in [5.74, 6) is 1.66. The first kappa shape index (κ1) is 16.6. The Labute approximate surface area is 164 Å². The molecule has 0 spiro atoms. The molecular weight excluding hydrogens is 346 g/mol. The van der Waals surface area contributed by atoms with Crippen molar-refractivity contribution in [3.8, 4) is 28.1 Å². The highest BCUT2D eigenvalue weighted by atomic mass is 15.4. The van der Waals surface area contributed by atoms with E-state index in [1.807, 2.05) is 36.5 Å². The van der Waals surface area contributed by atoms with Gasteiger partial charge in [-0.05, 0) is 36.2 Å². The summed E-state index contributed by atoms with van der Waals surface area (Å²) in [5, 5.41) is 4.95. The summed E-state index contributed by atoms with van der Waals surface area (Å²) in [4.78, 5) is 6.58. The monoisotopic (exact) mass is 367 g/mol. The molecule has 0 fully saturated rings. The molecule has 4 aromatic rings. The van der Waals surface area contributed by atoms with Crippen LogP contribution in [0.15, 0.2) is 72.9 Å².